The highest BCUT2D eigenvalue weighted by Gasteiger charge is 2.34. The molecule has 2 aromatic heterocycles. The lowest BCUT2D eigenvalue weighted by atomic mass is 10.0. The molecule has 0 unspecified atom stereocenters. The Kier molecular flexibility index (Phi) is 3.72. The Bertz CT molecular complexity index is 1080. The number of hydrogen-bond donors (Lipinski definition) is 1. The van der Waals surface area contributed by atoms with Crippen molar-refractivity contribution in [2.24, 2.45) is 0 Å². The average Bonchev–Trinajstić information content (AvgIpc) is 3.04. The van der Waals surface area contributed by atoms with E-state index >= 15 is 0 Å². The van der Waals surface area contributed by atoms with Crippen LogP contribution in [0.25, 0.3) is 33.7 Å². The lowest BCUT2D eigenvalue weighted by molar-refractivity contribution is -0.137. The number of imidazole rings is 1. The second kappa shape index (κ2) is 5.94. The topological polar surface area (TPSA) is 41.6 Å². The van der Waals surface area contributed by atoms with Crippen molar-refractivity contribution in [3.63, 3.8) is 0 Å². The van der Waals surface area contributed by atoms with Crippen molar-refractivity contribution in [3.8, 4) is 22.6 Å². The van der Waals surface area contributed by atoms with E-state index in [2.05, 4.69) is 15.0 Å². The van der Waals surface area contributed by atoms with Crippen LogP contribution in [0.2, 0.25) is 0 Å². The van der Waals surface area contributed by atoms with Crippen LogP contribution in [0.3, 0.4) is 0 Å². The van der Waals surface area contributed by atoms with E-state index in [0.717, 1.165) is 6.07 Å². The van der Waals surface area contributed by atoms with E-state index in [-0.39, 0.29) is 11.5 Å². The normalized spacial score (nSPS) is 11.8. The van der Waals surface area contributed by atoms with Crippen molar-refractivity contribution in [2.45, 2.75) is 6.18 Å². The summed E-state index contributed by atoms with van der Waals surface area (Å²) in [5, 5.41) is 0. The zero-order chi connectivity index (χ0) is 18.3. The third-order valence-electron chi connectivity index (χ3n) is 3.99. The maximum Gasteiger partial charge on any atom is 0.418 e. The van der Waals surface area contributed by atoms with E-state index in [9.17, 15) is 17.6 Å². The summed E-state index contributed by atoms with van der Waals surface area (Å²) >= 11 is 0. The number of hydrogen-bond acceptors (Lipinski definition) is 2. The van der Waals surface area contributed by atoms with Crippen LogP contribution in [0, 0.1) is 5.82 Å². The first-order chi connectivity index (χ1) is 12.4. The number of nitrogens with one attached hydrogen (secondary N) is 1. The van der Waals surface area contributed by atoms with Crippen LogP contribution in [-0.2, 0) is 6.18 Å². The van der Waals surface area contributed by atoms with Gasteiger partial charge < -0.3 is 4.98 Å². The summed E-state index contributed by atoms with van der Waals surface area (Å²) in [5.74, 6) is 0.132. The predicted molar refractivity (Wildman–Crippen MR) is 89.7 cm³/mol. The Hall–Kier alpha value is -3.22. The SMILES string of the molecule is Fc1ccc2nc(-c3ccc(-c4ncccc4C(F)(F)F)cc3)[nH]c2c1. The number of nitrogens with zero attached hydrogens (tertiary/aromatic N) is 2. The lowest BCUT2D eigenvalue weighted by Gasteiger charge is -2.11. The van der Waals surface area contributed by atoms with Gasteiger partial charge >= 0.3 is 6.18 Å². The fraction of sp³-hybridized carbons (Fsp3) is 0.0526. The summed E-state index contributed by atoms with van der Waals surface area (Å²) in [6.45, 7) is 0. The molecule has 1 N–H and O–H groups in total. The average molecular weight is 357 g/mol. The third kappa shape index (κ3) is 2.92. The highest BCUT2D eigenvalue weighted by Crippen LogP contribution is 2.36. The van der Waals surface area contributed by atoms with Gasteiger partial charge in [0, 0.05) is 17.3 Å². The molecule has 0 bridgehead atoms. The fourth-order valence-corrected chi connectivity index (χ4v) is 2.77. The largest absolute Gasteiger partial charge is 0.418 e. The Morgan fingerprint density at radius 2 is 1.62 bits per heavy atom. The van der Waals surface area contributed by atoms with E-state index in [4.69, 9.17) is 0 Å². The molecule has 0 saturated carbocycles. The van der Waals surface area contributed by atoms with Crippen LogP contribution in [0.4, 0.5) is 17.6 Å². The fourth-order valence-electron chi connectivity index (χ4n) is 2.77. The van der Waals surface area contributed by atoms with E-state index in [0.29, 0.717) is 28.0 Å². The smallest absolute Gasteiger partial charge is 0.338 e. The molecule has 0 aliphatic rings. The monoisotopic (exact) mass is 357 g/mol. The van der Waals surface area contributed by atoms with Crippen LogP contribution in [0.5, 0.6) is 0 Å². The highest BCUT2D eigenvalue weighted by atomic mass is 19.4. The number of halogens is 4. The van der Waals surface area contributed by atoms with Gasteiger partial charge in [0.2, 0.25) is 0 Å². The molecule has 4 rings (SSSR count). The van der Waals surface area contributed by atoms with Gasteiger partial charge in [0.1, 0.15) is 11.6 Å². The van der Waals surface area contributed by atoms with Crippen molar-refractivity contribution < 1.29 is 17.6 Å². The second-order valence-corrected chi connectivity index (χ2v) is 5.72. The number of pyridine rings is 1. The van der Waals surface area contributed by atoms with Gasteiger partial charge in [0.25, 0.3) is 0 Å². The van der Waals surface area contributed by atoms with E-state index in [1.807, 2.05) is 0 Å². The molecule has 0 radical (unpaired) electrons. The number of alkyl halides is 3. The van der Waals surface area contributed by atoms with E-state index in [1.165, 1.54) is 24.4 Å². The first-order valence-corrected chi connectivity index (χ1v) is 7.70. The third-order valence-corrected chi connectivity index (χ3v) is 3.99. The van der Waals surface area contributed by atoms with Gasteiger partial charge in [-0.1, -0.05) is 24.3 Å². The number of fused-ring (bicyclic) bond motifs is 1. The Morgan fingerprint density at radius 1 is 0.885 bits per heavy atom. The Morgan fingerprint density at radius 3 is 2.35 bits per heavy atom. The van der Waals surface area contributed by atoms with Gasteiger partial charge in [-0.2, -0.15) is 13.2 Å². The molecule has 0 aliphatic carbocycles. The van der Waals surface area contributed by atoms with Gasteiger partial charge in [-0.15, -0.1) is 0 Å². The van der Waals surface area contributed by atoms with Crippen LogP contribution in [0.15, 0.2) is 60.8 Å². The van der Waals surface area contributed by atoms with Crippen molar-refractivity contribution in [3.05, 3.63) is 72.2 Å². The maximum absolute atomic E-state index is 13.3. The van der Waals surface area contributed by atoms with Crippen molar-refractivity contribution in [2.75, 3.05) is 0 Å². The molecular weight excluding hydrogens is 346 g/mol. The number of aromatic nitrogens is 3. The maximum atomic E-state index is 13.3. The molecule has 2 heterocycles. The lowest BCUT2D eigenvalue weighted by Crippen LogP contribution is -2.08. The summed E-state index contributed by atoms with van der Waals surface area (Å²) < 4.78 is 52.7. The molecular formula is C19H11F4N3. The van der Waals surface area contributed by atoms with Crippen LogP contribution >= 0.6 is 0 Å². The second-order valence-electron chi connectivity index (χ2n) is 5.72. The summed E-state index contributed by atoms with van der Waals surface area (Å²) in [7, 11) is 0. The first-order valence-electron chi connectivity index (χ1n) is 7.70. The molecule has 0 atom stereocenters. The van der Waals surface area contributed by atoms with E-state index in [1.54, 1.807) is 30.3 Å². The van der Waals surface area contributed by atoms with E-state index < -0.39 is 11.7 Å². The summed E-state index contributed by atoms with van der Waals surface area (Å²) in [6, 6.07) is 12.9. The molecule has 0 saturated heterocycles. The standard InChI is InChI=1S/C19H11F4N3/c20-13-7-8-15-16(10-13)26-18(25-15)12-5-3-11(4-6-12)17-14(19(21,22)23)2-1-9-24-17/h1-10H,(H,25,26). The molecule has 130 valence electrons. The zero-order valence-electron chi connectivity index (χ0n) is 13.2. The molecule has 26 heavy (non-hydrogen) atoms. The minimum Gasteiger partial charge on any atom is -0.338 e. The number of aromatic amines is 1. The predicted octanol–water partition coefficient (Wildman–Crippen LogP) is 5.45. The zero-order valence-corrected chi connectivity index (χ0v) is 13.2. The molecule has 3 nitrogen and oxygen atoms in total. The van der Waals surface area contributed by atoms with Crippen molar-refractivity contribution >= 4 is 11.0 Å². The van der Waals surface area contributed by atoms with Gasteiger partial charge in [0.15, 0.2) is 0 Å². The molecule has 0 amide bonds. The summed E-state index contributed by atoms with van der Waals surface area (Å²) in [4.78, 5) is 11.2. The van der Waals surface area contributed by atoms with Crippen LogP contribution in [0.1, 0.15) is 5.56 Å². The summed E-state index contributed by atoms with van der Waals surface area (Å²) in [5.41, 5.74) is 1.27. The van der Waals surface area contributed by atoms with Gasteiger partial charge in [0.05, 0.1) is 22.3 Å². The number of H-pyrrole nitrogens is 1. The van der Waals surface area contributed by atoms with Crippen LogP contribution in [-0.4, -0.2) is 15.0 Å². The van der Waals surface area contributed by atoms with Gasteiger partial charge in [-0.05, 0) is 30.3 Å². The molecule has 4 aromatic rings. The van der Waals surface area contributed by atoms with Crippen molar-refractivity contribution in [1.29, 1.82) is 0 Å². The molecule has 2 aromatic carbocycles. The highest BCUT2D eigenvalue weighted by molar-refractivity contribution is 5.80. The summed E-state index contributed by atoms with van der Waals surface area (Å²) in [6.07, 6.45) is -3.16. The first kappa shape index (κ1) is 16.3. The van der Waals surface area contributed by atoms with Gasteiger partial charge in [-0.3, -0.25) is 4.98 Å². The number of benzene rings is 2. The number of rotatable bonds is 2. The minimum absolute atomic E-state index is 0.127. The Balaban J connectivity index is 1.73. The van der Waals surface area contributed by atoms with Gasteiger partial charge in [-0.25, -0.2) is 9.37 Å². The van der Waals surface area contributed by atoms with Crippen molar-refractivity contribution in [1.82, 2.24) is 15.0 Å². The van der Waals surface area contributed by atoms with Crippen LogP contribution < -0.4 is 0 Å². The molecule has 7 heteroatoms. The molecule has 0 fully saturated rings. The quantitative estimate of drug-likeness (QED) is 0.485. The Labute approximate surface area is 145 Å². The molecule has 0 spiro atoms. The molecule has 0 aliphatic heterocycles. The minimum atomic E-state index is -4.48.